The van der Waals surface area contributed by atoms with Crippen molar-refractivity contribution >= 4 is 17.3 Å². The van der Waals surface area contributed by atoms with Crippen molar-refractivity contribution in [2.45, 2.75) is 52.7 Å². The lowest BCUT2D eigenvalue weighted by Gasteiger charge is -2.20. The topological polar surface area (TPSA) is 41.9 Å². The van der Waals surface area contributed by atoms with Gasteiger partial charge in [-0.1, -0.05) is 6.92 Å². The molecule has 0 aliphatic heterocycles. The van der Waals surface area contributed by atoms with E-state index in [2.05, 4.69) is 43.4 Å². The van der Waals surface area contributed by atoms with Gasteiger partial charge in [-0.2, -0.15) is 5.10 Å². The third-order valence-corrected chi connectivity index (χ3v) is 3.07. The standard InChI is InChI=1S/C12H22N4S/c1-5-9(3)14-12(17)15-10(4)11-7-8-13-16(11)6-2/h7-10H,5-6H2,1-4H3,(H2,14,15,17). The van der Waals surface area contributed by atoms with Gasteiger partial charge in [-0.15, -0.1) is 0 Å². The number of aryl methyl sites for hydroxylation is 1. The van der Waals surface area contributed by atoms with E-state index in [1.807, 2.05) is 16.9 Å². The molecule has 2 atom stereocenters. The smallest absolute Gasteiger partial charge is 0.167 e. The van der Waals surface area contributed by atoms with Crippen molar-refractivity contribution in [1.82, 2.24) is 20.4 Å². The Labute approximate surface area is 109 Å². The van der Waals surface area contributed by atoms with Crippen molar-refractivity contribution in [3.8, 4) is 0 Å². The molecule has 0 spiro atoms. The first kappa shape index (κ1) is 14.0. The molecule has 1 aromatic heterocycles. The zero-order valence-electron chi connectivity index (χ0n) is 11.0. The molecular weight excluding hydrogens is 232 g/mol. The number of nitrogens with one attached hydrogen (secondary N) is 2. The van der Waals surface area contributed by atoms with Gasteiger partial charge in [-0.05, 0) is 45.5 Å². The molecule has 0 aromatic carbocycles. The summed E-state index contributed by atoms with van der Waals surface area (Å²) < 4.78 is 1.98. The first-order valence-corrected chi connectivity index (χ1v) is 6.58. The highest BCUT2D eigenvalue weighted by atomic mass is 32.1. The Hall–Kier alpha value is -1.10. The van der Waals surface area contributed by atoms with Gasteiger partial charge < -0.3 is 10.6 Å². The summed E-state index contributed by atoms with van der Waals surface area (Å²) >= 11 is 5.27. The Kier molecular flexibility index (Phi) is 5.41. The van der Waals surface area contributed by atoms with Gasteiger partial charge >= 0.3 is 0 Å². The van der Waals surface area contributed by atoms with E-state index >= 15 is 0 Å². The van der Waals surface area contributed by atoms with Crippen molar-refractivity contribution in [1.29, 1.82) is 0 Å². The molecule has 0 bridgehead atoms. The van der Waals surface area contributed by atoms with Gasteiger partial charge in [-0.25, -0.2) is 0 Å². The van der Waals surface area contributed by atoms with Crippen LogP contribution in [0.1, 0.15) is 45.9 Å². The highest BCUT2D eigenvalue weighted by Gasteiger charge is 2.12. The summed E-state index contributed by atoms with van der Waals surface area (Å²) in [4.78, 5) is 0. The van der Waals surface area contributed by atoms with Crippen LogP contribution in [0.3, 0.4) is 0 Å². The highest BCUT2D eigenvalue weighted by Crippen LogP contribution is 2.11. The molecule has 2 unspecified atom stereocenters. The van der Waals surface area contributed by atoms with E-state index in [9.17, 15) is 0 Å². The molecule has 0 saturated carbocycles. The molecule has 0 aliphatic carbocycles. The number of thiocarbonyl (C=S) groups is 1. The number of aromatic nitrogens is 2. The predicted molar refractivity (Wildman–Crippen MR) is 74.9 cm³/mol. The minimum Gasteiger partial charge on any atom is -0.360 e. The maximum absolute atomic E-state index is 5.27. The lowest BCUT2D eigenvalue weighted by atomic mass is 10.2. The zero-order valence-corrected chi connectivity index (χ0v) is 11.8. The maximum Gasteiger partial charge on any atom is 0.167 e. The van der Waals surface area contributed by atoms with E-state index in [4.69, 9.17) is 12.2 Å². The van der Waals surface area contributed by atoms with Crippen LogP contribution >= 0.6 is 12.2 Å². The fraction of sp³-hybridized carbons (Fsp3) is 0.667. The number of hydrogen-bond donors (Lipinski definition) is 2. The van der Waals surface area contributed by atoms with E-state index in [1.165, 1.54) is 0 Å². The highest BCUT2D eigenvalue weighted by molar-refractivity contribution is 7.80. The molecule has 0 saturated heterocycles. The summed E-state index contributed by atoms with van der Waals surface area (Å²) in [6, 6.07) is 2.59. The maximum atomic E-state index is 5.27. The molecule has 0 aliphatic rings. The molecule has 1 aromatic rings. The zero-order chi connectivity index (χ0) is 12.8. The summed E-state index contributed by atoms with van der Waals surface area (Å²) in [5.41, 5.74) is 1.15. The SMILES string of the molecule is CCC(C)NC(=S)NC(C)c1ccnn1CC. The average molecular weight is 254 g/mol. The number of nitrogens with zero attached hydrogens (tertiary/aromatic N) is 2. The second-order valence-electron chi connectivity index (χ2n) is 4.22. The first-order valence-electron chi connectivity index (χ1n) is 6.17. The van der Waals surface area contributed by atoms with Crippen LogP contribution in [-0.2, 0) is 6.54 Å². The summed E-state index contributed by atoms with van der Waals surface area (Å²) in [5, 5.41) is 11.5. The third kappa shape index (κ3) is 4.00. The predicted octanol–water partition coefficient (Wildman–Crippen LogP) is 2.23. The van der Waals surface area contributed by atoms with Crippen molar-refractivity contribution in [2.24, 2.45) is 0 Å². The van der Waals surface area contributed by atoms with Crippen LogP contribution in [0.5, 0.6) is 0 Å². The fourth-order valence-electron chi connectivity index (χ4n) is 1.61. The van der Waals surface area contributed by atoms with Gasteiger partial charge in [0.05, 0.1) is 11.7 Å². The van der Waals surface area contributed by atoms with Gasteiger partial charge in [0.1, 0.15) is 0 Å². The molecule has 1 heterocycles. The Morgan fingerprint density at radius 1 is 1.41 bits per heavy atom. The van der Waals surface area contributed by atoms with Crippen LogP contribution in [0.25, 0.3) is 0 Å². The monoisotopic (exact) mass is 254 g/mol. The Morgan fingerprint density at radius 3 is 2.71 bits per heavy atom. The van der Waals surface area contributed by atoms with Crippen molar-refractivity contribution in [2.75, 3.05) is 0 Å². The lowest BCUT2D eigenvalue weighted by molar-refractivity contribution is 0.555. The van der Waals surface area contributed by atoms with Crippen molar-refractivity contribution in [3.63, 3.8) is 0 Å². The average Bonchev–Trinajstić information content (AvgIpc) is 2.76. The second kappa shape index (κ2) is 6.59. The summed E-state index contributed by atoms with van der Waals surface area (Å²) in [7, 11) is 0. The van der Waals surface area contributed by atoms with Crippen molar-refractivity contribution in [3.05, 3.63) is 18.0 Å². The summed E-state index contributed by atoms with van der Waals surface area (Å²) in [6.07, 6.45) is 2.88. The number of hydrogen-bond acceptors (Lipinski definition) is 2. The van der Waals surface area contributed by atoms with Gasteiger partial charge in [0.25, 0.3) is 0 Å². The molecule has 96 valence electrons. The van der Waals surface area contributed by atoms with Crippen LogP contribution in [0.15, 0.2) is 12.3 Å². The lowest BCUT2D eigenvalue weighted by Crippen LogP contribution is -2.41. The second-order valence-corrected chi connectivity index (χ2v) is 4.63. The van der Waals surface area contributed by atoms with E-state index in [0.717, 1.165) is 18.7 Å². The van der Waals surface area contributed by atoms with Gasteiger partial charge in [0.2, 0.25) is 0 Å². The van der Waals surface area contributed by atoms with Crippen molar-refractivity contribution < 1.29 is 0 Å². The van der Waals surface area contributed by atoms with E-state index in [1.54, 1.807) is 0 Å². The van der Waals surface area contributed by atoms with Gasteiger partial charge in [-0.3, -0.25) is 4.68 Å². The third-order valence-electron chi connectivity index (χ3n) is 2.83. The quantitative estimate of drug-likeness (QED) is 0.791. The first-order chi connectivity index (χ1) is 8.08. The normalized spacial score (nSPS) is 14.1. The summed E-state index contributed by atoms with van der Waals surface area (Å²) in [5.74, 6) is 0. The molecule has 2 N–H and O–H groups in total. The molecule has 5 heteroatoms. The molecule has 0 amide bonds. The molecule has 1 rings (SSSR count). The largest absolute Gasteiger partial charge is 0.360 e. The molecule has 17 heavy (non-hydrogen) atoms. The van der Waals surface area contributed by atoms with E-state index in [-0.39, 0.29) is 6.04 Å². The van der Waals surface area contributed by atoms with Gasteiger partial charge in [0, 0.05) is 18.8 Å². The Balaban J connectivity index is 2.54. The number of rotatable bonds is 5. The molecule has 4 nitrogen and oxygen atoms in total. The van der Waals surface area contributed by atoms with Crippen LogP contribution in [-0.4, -0.2) is 20.9 Å². The van der Waals surface area contributed by atoms with E-state index < -0.39 is 0 Å². The van der Waals surface area contributed by atoms with E-state index in [0.29, 0.717) is 11.2 Å². The summed E-state index contributed by atoms with van der Waals surface area (Å²) in [6.45, 7) is 9.30. The Morgan fingerprint density at radius 2 is 2.12 bits per heavy atom. The Bertz CT molecular complexity index is 361. The minimum absolute atomic E-state index is 0.168. The van der Waals surface area contributed by atoms with Crippen LogP contribution in [0.2, 0.25) is 0 Å². The minimum atomic E-state index is 0.168. The molecule has 0 fully saturated rings. The van der Waals surface area contributed by atoms with Crippen LogP contribution in [0.4, 0.5) is 0 Å². The van der Waals surface area contributed by atoms with Crippen LogP contribution < -0.4 is 10.6 Å². The van der Waals surface area contributed by atoms with Crippen LogP contribution in [0, 0.1) is 0 Å². The van der Waals surface area contributed by atoms with Gasteiger partial charge in [0.15, 0.2) is 5.11 Å². The molecule has 0 radical (unpaired) electrons. The fourth-order valence-corrected chi connectivity index (χ4v) is 1.99. The molecular formula is C12H22N4S.